The monoisotopic (exact) mass is 310 g/mol. The number of hydrogen-bond acceptors (Lipinski definition) is 2. The molecule has 102 valence electrons. The van der Waals surface area contributed by atoms with E-state index in [-0.39, 0.29) is 16.1 Å². The molecule has 0 saturated carbocycles. The molecule has 2 aromatic carbocycles. The summed E-state index contributed by atoms with van der Waals surface area (Å²) >= 11 is 11.6. The Kier molecular flexibility index (Phi) is 4.71. The molecule has 0 bridgehead atoms. The standard InChI is InChI=1S/C14H9Cl2FN2O/c15-10-5-6-11(12(16)7-10)14(20)19-18-8-9-3-1-2-4-13(9)17/h1-8H,(H,19,20)/b18-8-. The van der Waals surface area contributed by atoms with E-state index in [1.165, 1.54) is 24.4 Å². The Hall–Kier alpha value is -1.91. The third kappa shape index (κ3) is 3.56. The number of carbonyl (C=O) groups is 1. The maximum Gasteiger partial charge on any atom is 0.272 e. The van der Waals surface area contributed by atoms with E-state index in [4.69, 9.17) is 23.2 Å². The molecule has 0 unspecified atom stereocenters. The zero-order valence-electron chi connectivity index (χ0n) is 10.1. The zero-order valence-corrected chi connectivity index (χ0v) is 11.6. The summed E-state index contributed by atoms with van der Waals surface area (Å²) < 4.78 is 13.3. The Balaban J connectivity index is 2.07. The van der Waals surface area contributed by atoms with Crippen molar-refractivity contribution in [3.63, 3.8) is 0 Å². The zero-order chi connectivity index (χ0) is 14.5. The molecule has 6 heteroatoms. The first kappa shape index (κ1) is 14.5. The van der Waals surface area contributed by atoms with Gasteiger partial charge in [0.05, 0.1) is 16.8 Å². The van der Waals surface area contributed by atoms with Gasteiger partial charge in [0.1, 0.15) is 5.82 Å². The Morgan fingerprint density at radius 3 is 2.65 bits per heavy atom. The molecule has 0 aliphatic heterocycles. The lowest BCUT2D eigenvalue weighted by Gasteiger charge is -2.02. The van der Waals surface area contributed by atoms with Gasteiger partial charge in [-0.1, -0.05) is 41.4 Å². The lowest BCUT2D eigenvalue weighted by Crippen LogP contribution is -2.18. The molecule has 0 saturated heterocycles. The molecule has 3 nitrogen and oxygen atoms in total. The van der Waals surface area contributed by atoms with Crippen LogP contribution in [0.4, 0.5) is 4.39 Å². The van der Waals surface area contributed by atoms with Crippen molar-refractivity contribution in [2.75, 3.05) is 0 Å². The minimum Gasteiger partial charge on any atom is -0.267 e. The van der Waals surface area contributed by atoms with Crippen molar-refractivity contribution in [1.82, 2.24) is 5.43 Å². The topological polar surface area (TPSA) is 41.5 Å². The van der Waals surface area contributed by atoms with Gasteiger partial charge in [0.25, 0.3) is 5.91 Å². The van der Waals surface area contributed by atoms with E-state index >= 15 is 0 Å². The number of amides is 1. The van der Waals surface area contributed by atoms with Crippen LogP contribution in [0.2, 0.25) is 10.0 Å². The van der Waals surface area contributed by atoms with Crippen molar-refractivity contribution in [2.45, 2.75) is 0 Å². The normalized spacial score (nSPS) is 10.8. The highest BCUT2D eigenvalue weighted by atomic mass is 35.5. The lowest BCUT2D eigenvalue weighted by atomic mass is 10.2. The van der Waals surface area contributed by atoms with Crippen molar-refractivity contribution >= 4 is 35.3 Å². The number of rotatable bonds is 3. The van der Waals surface area contributed by atoms with E-state index in [0.29, 0.717) is 5.02 Å². The molecule has 20 heavy (non-hydrogen) atoms. The molecule has 1 amide bonds. The number of nitrogens with one attached hydrogen (secondary N) is 1. The molecule has 0 aromatic heterocycles. The summed E-state index contributed by atoms with van der Waals surface area (Å²) in [5, 5.41) is 4.34. The van der Waals surface area contributed by atoms with Crippen LogP contribution in [0.5, 0.6) is 0 Å². The number of benzene rings is 2. The van der Waals surface area contributed by atoms with Gasteiger partial charge in [-0.25, -0.2) is 9.82 Å². The molecule has 0 spiro atoms. The van der Waals surface area contributed by atoms with Crippen LogP contribution in [0, 0.1) is 5.82 Å². The fourth-order valence-corrected chi connectivity index (χ4v) is 1.97. The summed E-state index contributed by atoms with van der Waals surface area (Å²) in [6, 6.07) is 10.6. The average molecular weight is 311 g/mol. The lowest BCUT2D eigenvalue weighted by molar-refractivity contribution is 0.0955. The van der Waals surface area contributed by atoms with E-state index in [1.807, 2.05) is 0 Å². The summed E-state index contributed by atoms with van der Waals surface area (Å²) in [5.74, 6) is -0.922. The second kappa shape index (κ2) is 6.50. The summed E-state index contributed by atoms with van der Waals surface area (Å²) in [6.07, 6.45) is 1.22. The van der Waals surface area contributed by atoms with Gasteiger partial charge >= 0.3 is 0 Å². The number of carbonyl (C=O) groups excluding carboxylic acids is 1. The predicted molar refractivity (Wildman–Crippen MR) is 77.9 cm³/mol. The molecule has 0 heterocycles. The molecule has 0 fully saturated rings. The van der Waals surface area contributed by atoms with Crippen LogP contribution >= 0.6 is 23.2 Å². The summed E-state index contributed by atoms with van der Waals surface area (Å²) in [4.78, 5) is 11.8. The van der Waals surface area contributed by atoms with Crippen LogP contribution in [0.15, 0.2) is 47.6 Å². The number of halogens is 3. The Bertz CT molecular complexity index is 674. The van der Waals surface area contributed by atoms with Gasteiger partial charge in [-0.2, -0.15) is 5.10 Å². The summed E-state index contributed by atoms with van der Waals surface area (Å²) in [7, 11) is 0. The number of hydrogen-bond donors (Lipinski definition) is 1. The van der Waals surface area contributed by atoms with E-state index < -0.39 is 11.7 Å². The maximum atomic E-state index is 13.3. The fraction of sp³-hybridized carbons (Fsp3) is 0. The van der Waals surface area contributed by atoms with Crippen LogP contribution in [-0.4, -0.2) is 12.1 Å². The summed E-state index contributed by atoms with van der Waals surface area (Å²) in [5.41, 5.74) is 2.78. The minimum absolute atomic E-state index is 0.219. The quantitative estimate of drug-likeness (QED) is 0.678. The number of hydrazone groups is 1. The molecular formula is C14H9Cl2FN2O. The van der Waals surface area contributed by atoms with E-state index in [0.717, 1.165) is 0 Å². The first-order valence-electron chi connectivity index (χ1n) is 5.61. The molecule has 0 radical (unpaired) electrons. The molecule has 0 aliphatic carbocycles. The second-order valence-corrected chi connectivity index (χ2v) is 4.69. The second-order valence-electron chi connectivity index (χ2n) is 3.84. The van der Waals surface area contributed by atoms with Gasteiger partial charge in [0.2, 0.25) is 0 Å². The molecule has 0 atom stereocenters. The van der Waals surface area contributed by atoms with Gasteiger partial charge < -0.3 is 0 Å². The van der Waals surface area contributed by atoms with E-state index in [2.05, 4.69) is 10.5 Å². The van der Waals surface area contributed by atoms with Gasteiger partial charge in [0, 0.05) is 10.6 Å². The SMILES string of the molecule is O=C(N/N=C\c1ccccc1F)c1ccc(Cl)cc1Cl. The smallest absolute Gasteiger partial charge is 0.267 e. The van der Waals surface area contributed by atoms with Crippen LogP contribution in [-0.2, 0) is 0 Å². The molecule has 1 N–H and O–H groups in total. The van der Waals surface area contributed by atoms with Crippen LogP contribution in [0.1, 0.15) is 15.9 Å². The molecule has 2 aromatic rings. The Labute approximate surface area is 125 Å². The highest BCUT2D eigenvalue weighted by Gasteiger charge is 2.09. The van der Waals surface area contributed by atoms with Crippen molar-refractivity contribution in [3.8, 4) is 0 Å². The number of nitrogens with zero attached hydrogens (tertiary/aromatic N) is 1. The predicted octanol–water partition coefficient (Wildman–Crippen LogP) is 3.90. The summed E-state index contributed by atoms with van der Waals surface area (Å²) in [6.45, 7) is 0. The van der Waals surface area contributed by atoms with Crippen molar-refractivity contribution < 1.29 is 9.18 Å². The van der Waals surface area contributed by atoms with E-state index in [9.17, 15) is 9.18 Å². The van der Waals surface area contributed by atoms with Crippen LogP contribution in [0.25, 0.3) is 0 Å². The van der Waals surface area contributed by atoms with Crippen LogP contribution in [0.3, 0.4) is 0 Å². The molecule has 0 aliphatic rings. The Morgan fingerprint density at radius 2 is 1.95 bits per heavy atom. The first-order chi connectivity index (χ1) is 9.58. The van der Waals surface area contributed by atoms with Crippen molar-refractivity contribution in [2.24, 2.45) is 5.10 Å². The van der Waals surface area contributed by atoms with E-state index in [1.54, 1.807) is 24.3 Å². The van der Waals surface area contributed by atoms with Crippen molar-refractivity contribution in [3.05, 3.63) is 69.5 Å². The van der Waals surface area contributed by atoms with Gasteiger partial charge in [-0.3, -0.25) is 4.79 Å². The molecule has 2 rings (SSSR count). The van der Waals surface area contributed by atoms with Gasteiger partial charge in [-0.05, 0) is 24.3 Å². The van der Waals surface area contributed by atoms with Gasteiger partial charge in [0.15, 0.2) is 0 Å². The van der Waals surface area contributed by atoms with Crippen LogP contribution < -0.4 is 5.43 Å². The Morgan fingerprint density at radius 1 is 1.20 bits per heavy atom. The minimum atomic E-state index is -0.501. The third-order valence-corrected chi connectivity index (χ3v) is 3.00. The maximum absolute atomic E-state index is 13.3. The highest BCUT2D eigenvalue weighted by molar-refractivity contribution is 6.36. The van der Waals surface area contributed by atoms with Gasteiger partial charge in [-0.15, -0.1) is 0 Å². The fourth-order valence-electron chi connectivity index (χ4n) is 1.47. The largest absolute Gasteiger partial charge is 0.272 e. The van der Waals surface area contributed by atoms with Crippen molar-refractivity contribution in [1.29, 1.82) is 0 Å². The molecular weight excluding hydrogens is 302 g/mol. The average Bonchev–Trinajstić information content (AvgIpc) is 2.40. The third-order valence-electron chi connectivity index (χ3n) is 2.45. The highest BCUT2D eigenvalue weighted by Crippen LogP contribution is 2.20. The first-order valence-corrected chi connectivity index (χ1v) is 6.36.